The molecule has 0 aliphatic heterocycles. The average Bonchev–Trinajstić information content (AvgIpc) is 2.32. The fourth-order valence-electron chi connectivity index (χ4n) is 1.32. The van der Waals surface area contributed by atoms with Gasteiger partial charge in [0.25, 0.3) is 5.91 Å². The summed E-state index contributed by atoms with van der Waals surface area (Å²) in [5.41, 5.74) is -0.182. The number of nitrogens with one attached hydrogen (secondary N) is 1. The van der Waals surface area contributed by atoms with Crippen LogP contribution in [-0.4, -0.2) is 23.0 Å². The summed E-state index contributed by atoms with van der Waals surface area (Å²) in [6.07, 6.45) is 1.39. The first-order valence-electron chi connectivity index (χ1n) is 5.16. The van der Waals surface area contributed by atoms with Crippen molar-refractivity contribution >= 4 is 35.1 Å². The van der Waals surface area contributed by atoms with Gasteiger partial charge in [0.05, 0.1) is 15.6 Å². The van der Waals surface area contributed by atoms with E-state index in [4.69, 9.17) is 28.3 Å². The molecule has 0 fully saturated rings. The number of carbonyl (C=O) groups excluding carboxylic acids is 1. The summed E-state index contributed by atoms with van der Waals surface area (Å²) in [4.78, 5) is 22.7. The predicted octanol–water partition coefficient (Wildman–Crippen LogP) is 2.89. The van der Waals surface area contributed by atoms with Crippen molar-refractivity contribution < 1.29 is 19.1 Å². The second-order valence-electron chi connectivity index (χ2n) is 3.63. The van der Waals surface area contributed by atoms with Gasteiger partial charge in [0.2, 0.25) is 0 Å². The van der Waals surface area contributed by atoms with E-state index >= 15 is 0 Å². The van der Waals surface area contributed by atoms with Crippen molar-refractivity contribution in [3.63, 3.8) is 0 Å². The Labute approximate surface area is 118 Å². The van der Waals surface area contributed by atoms with Crippen LogP contribution in [0.4, 0.5) is 4.39 Å². The monoisotopic (exact) mass is 305 g/mol. The van der Waals surface area contributed by atoms with Gasteiger partial charge in [0.1, 0.15) is 11.9 Å². The Balaban J connectivity index is 2.97. The molecule has 0 aromatic heterocycles. The van der Waals surface area contributed by atoms with Crippen LogP contribution in [0.5, 0.6) is 0 Å². The highest BCUT2D eigenvalue weighted by molar-refractivity contribution is 6.36. The van der Waals surface area contributed by atoms with Crippen LogP contribution in [0.25, 0.3) is 0 Å². The summed E-state index contributed by atoms with van der Waals surface area (Å²) in [6, 6.07) is 0.781. The molecule has 1 atom stereocenters. The Bertz CT molecular complexity index is 534. The molecular formula is C12H10Cl2FNO3. The number of halogens is 3. The molecule has 0 heterocycles. The van der Waals surface area contributed by atoms with E-state index in [1.165, 1.54) is 6.08 Å². The lowest BCUT2D eigenvalue weighted by Gasteiger charge is -2.13. The maximum Gasteiger partial charge on any atom is 0.326 e. The molecule has 1 aromatic rings. The predicted molar refractivity (Wildman–Crippen MR) is 70.1 cm³/mol. The molecule has 0 spiro atoms. The quantitative estimate of drug-likeness (QED) is 0.649. The van der Waals surface area contributed by atoms with E-state index in [0.29, 0.717) is 0 Å². The van der Waals surface area contributed by atoms with E-state index < -0.39 is 23.7 Å². The lowest BCUT2D eigenvalue weighted by atomic mass is 10.1. The van der Waals surface area contributed by atoms with Crippen LogP contribution in [0.3, 0.4) is 0 Å². The zero-order chi connectivity index (χ0) is 14.6. The number of amides is 1. The van der Waals surface area contributed by atoms with E-state index in [1.807, 2.05) is 0 Å². The molecular weight excluding hydrogens is 296 g/mol. The van der Waals surface area contributed by atoms with Crippen molar-refractivity contribution in [3.05, 3.63) is 46.2 Å². The van der Waals surface area contributed by atoms with E-state index in [-0.39, 0.29) is 22.0 Å². The van der Waals surface area contributed by atoms with Gasteiger partial charge in [0, 0.05) is 0 Å². The molecule has 0 radical (unpaired) electrons. The van der Waals surface area contributed by atoms with Crippen molar-refractivity contribution in [1.29, 1.82) is 0 Å². The molecule has 1 unspecified atom stereocenters. The maximum atomic E-state index is 13.3. The Morgan fingerprint density at radius 1 is 1.42 bits per heavy atom. The Morgan fingerprint density at radius 2 is 2.05 bits per heavy atom. The molecule has 0 saturated carbocycles. The number of benzene rings is 1. The van der Waals surface area contributed by atoms with Gasteiger partial charge in [0.15, 0.2) is 0 Å². The third-order valence-electron chi connectivity index (χ3n) is 2.26. The molecule has 2 N–H and O–H groups in total. The largest absolute Gasteiger partial charge is 0.480 e. The zero-order valence-electron chi connectivity index (χ0n) is 9.62. The van der Waals surface area contributed by atoms with Crippen molar-refractivity contribution in [3.8, 4) is 0 Å². The van der Waals surface area contributed by atoms with Gasteiger partial charge in [-0.2, -0.15) is 0 Å². The number of aliphatic carboxylic acids is 1. The highest BCUT2D eigenvalue weighted by Gasteiger charge is 2.21. The lowest BCUT2D eigenvalue weighted by molar-refractivity contribution is -0.139. The smallest absolute Gasteiger partial charge is 0.326 e. The van der Waals surface area contributed by atoms with Gasteiger partial charge < -0.3 is 10.4 Å². The molecule has 4 nitrogen and oxygen atoms in total. The minimum Gasteiger partial charge on any atom is -0.480 e. The number of rotatable bonds is 5. The van der Waals surface area contributed by atoms with Crippen molar-refractivity contribution in [1.82, 2.24) is 5.32 Å². The number of hydrogen-bond donors (Lipinski definition) is 2. The molecule has 0 bridgehead atoms. The SMILES string of the molecule is C=CCC(NC(=O)c1cc(F)c(Cl)cc1Cl)C(=O)O. The summed E-state index contributed by atoms with van der Waals surface area (Å²) in [6.45, 7) is 3.39. The van der Waals surface area contributed by atoms with Gasteiger partial charge in [-0.05, 0) is 18.6 Å². The third kappa shape index (κ3) is 3.94. The van der Waals surface area contributed by atoms with Crippen LogP contribution < -0.4 is 5.32 Å². The van der Waals surface area contributed by atoms with Crippen LogP contribution >= 0.6 is 23.2 Å². The van der Waals surface area contributed by atoms with Crippen LogP contribution in [0.1, 0.15) is 16.8 Å². The third-order valence-corrected chi connectivity index (χ3v) is 2.86. The molecule has 19 heavy (non-hydrogen) atoms. The van der Waals surface area contributed by atoms with E-state index in [2.05, 4.69) is 11.9 Å². The van der Waals surface area contributed by atoms with E-state index in [9.17, 15) is 14.0 Å². The first-order valence-corrected chi connectivity index (χ1v) is 5.91. The molecule has 1 amide bonds. The number of carbonyl (C=O) groups is 2. The Kier molecular flexibility index (Phi) is 5.32. The molecule has 0 saturated heterocycles. The molecule has 1 rings (SSSR count). The van der Waals surface area contributed by atoms with Gasteiger partial charge in [-0.1, -0.05) is 29.3 Å². The first-order chi connectivity index (χ1) is 8.86. The van der Waals surface area contributed by atoms with Crippen LogP contribution in [0.15, 0.2) is 24.8 Å². The van der Waals surface area contributed by atoms with Crippen molar-refractivity contribution in [2.24, 2.45) is 0 Å². The summed E-state index contributed by atoms with van der Waals surface area (Å²) in [5.74, 6) is -2.83. The molecule has 0 aliphatic rings. The van der Waals surface area contributed by atoms with Gasteiger partial charge in [-0.25, -0.2) is 9.18 Å². The van der Waals surface area contributed by atoms with Gasteiger partial charge in [-0.15, -0.1) is 6.58 Å². The normalized spacial score (nSPS) is 11.7. The molecule has 1 aromatic carbocycles. The Morgan fingerprint density at radius 3 is 2.58 bits per heavy atom. The maximum absolute atomic E-state index is 13.3. The lowest BCUT2D eigenvalue weighted by Crippen LogP contribution is -2.40. The van der Waals surface area contributed by atoms with Crippen LogP contribution in [-0.2, 0) is 4.79 Å². The number of carboxylic acids is 1. The van der Waals surface area contributed by atoms with Crippen molar-refractivity contribution in [2.75, 3.05) is 0 Å². The summed E-state index contributed by atoms with van der Waals surface area (Å²) in [5, 5.41) is 10.8. The summed E-state index contributed by atoms with van der Waals surface area (Å²) < 4.78 is 13.3. The zero-order valence-corrected chi connectivity index (χ0v) is 11.1. The standard InChI is InChI=1S/C12H10Cl2FNO3/c1-2-3-10(12(18)19)16-11(17)6-4-9(15)8(14)5-7(6)13/h2,4-5,10H,1,3H2,(H,16,17)(H,18,19). The topological polar surface area (TPSA) is 66.4 Å². The first kappa shape index (κ1) is 15.5. The van der Waals surface area contributed by atoms with Crippen molar-refractivity contribution in [2.45, 2.75) is 12.5 Å². The van der Waals surface area contributed by atoms with Crippen LogP contribution in [0.2, 0.25) is 10.0 Å². The minimum absolute atomic E-state index is 0.0365. The molecule has 0 aliphatic carbocycles. The molecule has 102 valence electrons. The fraction of sp³-hybridized carbons (Fsp3) is 0.167. The Hall–Kier alpha value is -1.59. The average molecular weight is 306 g/mol. The van der Waals surface area contributed by atoms with E-state index in [1.54, 1.807) is 0 Å². The summed E-state index contributed by atoms with van der Waals surface area (Å²) in [7, 11) is 0. The second kappa shape index (κ2) is 6.54. The second-order valence-corrected chi connectivity index (χ2v) is 4.45. The minimum atomic E-state index is -1.22. The van der Waals surface area contributed by atoms with Gasteiger partial charge >= 0.3 is 5.97 Å². The highest BCUT2D eigenvalue weighted by Crippen LogP contribution is 2.24. The molecule has 7 heteroatoms. The summed E-state index contributed by atoms with van der Waals surface area (Å²) >= 11 is 11.3. The highest BCUT2D eigenvalue weighted by atomic mass is 35.5. The van der Waals surface area contributed by atoms with E-state index in [0.717, 1.165) is 12.1 Å². The fourth-order valence-corrected chi connectivity index (χ4v) is 1.79. The number of carboxylic acid groups (broad SMARTS) is 1. The van der Waals surface area contributed by atoms with Crippen LogP contribution in [0, 0.1) is 5.82 Å². The van der Waals surface area contributed by atoms with Gasteiger partial charge in [-0.3, -0.25) is 4.79 Å². The number of hydrogen-bond acceptors (Lipinski definition) is 2.